The third-order valence-corrected chi connectivity index (χ3v) is 5.95. The van der Waals surface area contributed by atoms with Crippen molar-refractivity contribution in [2.45, 2.75) is 45.9 Å². The fraction of sp³-hybridized carbons (Fsp3) is 0.480. The minimum absolute atomic E-state index is 0.0298. The molecule has 194 valence electrons. The van der Waals surface area contributed by atoms with Gasteiger partial charge >= 0.3 is 6.03 Å². The first-order chi connectivity index (χ1) is 17.1. The first kappa shape index (κ1) is 26.9. The molecule has 0 aliphatic carbocycles. The molecule has 0 fully saturated rings. The molecule has 2 aromatic rings. The number of hydrogen-bond donors (Lipinski definition) is 3. The largest absolute Gasteiger partial charge is 0.485 e. The second-order valence-electron chi connectivity index (χ2n) is 9.33. The van der Waals surface area contributed by atoms with Crippen molar-refractivity contribution >= 4 is 23.5 Å². The van der Waals surface area contributed by atoms with Crippen molar-refractivity contribution in [1.82, 2.24) is 25.1 Å². The maximum absolute atomic E-state index is 13.5. The number of aliphatic hydroxyl groups excluding tert-OH is 1. The fourth-order valence-corrected chi connectivity index (χ4v) is 3.87. The maximum Gasteiger partial charge on any atom is 0.317 e. The molecule has 2 heterocycles. The van der Waals surface area contributed by atoms with E-state index in [1.807, 2.05) is 20.8 Å². The van der Waals surface area contributed by atoms with Gasteiger partial charge in [-0.25, -0.2) is 9.78 Å². The van der Waals surface area contributed by atoms with E-state index in [-0.39, 0.29) is 54.1 Å². The summed E-state index contributed by atoms with van der Waals surface area (Å²) in [7, 11) is 1.68. The second-order valence-corrected chi connectivity index (χ2v) is 9.33. The molecule has 0 unspecified atom stereocenters. The number of anilines is 1. The number of nitrogens with one attached hydrogen (secondary N) is 2. The number of carbonyl (C=O) groups excluding carboxylic acids is 3. The van der Waals surface area contributed by atoms with E-state index in [9.17, 15) is 19.5 Å². The van der Waals surface area contributed by atoms with E-state index in [1.54, 1.807) is 37.1 Å². The quantitative estimate of drug-likeness (QED) is 0.531. The van der Waals surface area contributed by atoms with Crippen molar-refractivity contribution < 1.29 is 24.2 Å². The topological polar surface area (TPSA) is 137 Å². The Morgan fingerprint density at radius 3 is 2.67 bits per heavy atom. The van der Waals surface area contributed by atoms with Gasteiger partial charge in [-0.1, -0.05) is 13.0 Å². The molecule has 0 saturated heterocycles. The van der Waals surface area contributed by atoms with Crippen molar-refractivity contribution in [3.8, 4) is 5.75 Å². The lowest BCUT2D eigenvalue weighted by molar-refractivity contribution is 0.0368. The highest BCUT2D eigenvalue weighted by Crippen LogP contribution is 2.35. The molecular weight excluding hydrogens is 464 g/mol. The van der Waals surface area contributed by atoms with E-state index in [2.05, 4.69) is 20.6 Å². The summed E-state index contributed by atoms with van der Waals surface area (Å²) >= 11 is 0. The lowest BCUT2D eigenvalue weighted by Gasteiger charge is -2.38. The van der Waals surface area contributed by atoms with Gasteiger partial charge in [-0.15, -0.1) is 0 Å². The molecule has 11 heteroatoms. The monoisotopic (exact) mass is 498 g/mol. The summed E-state index contributed by atoms with van der Waals surface area (Å²) < 4.78 is 6.39. The van der Waals surface area contributed by atoms with Gasteiger partial charge in [-0.2, -0.15) is 0 Å². The fourth-order valence-electron chi connectivity index (χ4n) is 3.87. The number of fused-ring (bicyclic) bond motifs is 1. The van der Waals surface area contributed by atoms with Gasteiger partial charge in [0.1, 0.15) is 11.8 Å². The lowest BCUT2D eigenvalue weighted by atomic mass is 9.99. The van der Waals surface area contributed by atoms with E-state index < -0.39 is 18.1 Å². The van der Waals surface area contributed by atoms with Gasteiger partial charge in [0, 0.05) is 37.9 Å². The number of ether oxygens (including phenoxy) is 1. The standard InChI is InChI=1S/C25H34N6O5/c1-15(2)28-25(35)30(5)13-21-16(3)12-31(17(4)14-32)24(34)18-7-6-8-19(22(18)36-21)29-23(33)20-11-26-9-10-27-20/h6-11,15-17,21,32H,12-14H2,1-5H3,(H,28,35)(H,29,33)/t16-,17-,21+/m0/s1. The molecule has 3 N–H and O–H groups in total. The summed E-state index contributed by atoms with van der Waals surface area (Å²) in [5.41, 5.74) is 0.651. The lowest BCUT2D eigenvalue weighted by Crippen LogP contribution is -2.51. The Morgan fingerprint density at radius 2 is 2.03 bits per heavy atom. The highest BCUT2D eigenvalue weighted by molar-refractivity contribution is 6.06. The molecule has 1 aromatic heterocycles. The van der Waals surface area contributed by atoms with Crippen molar-refractivity contribution in [1.29, 1.82) is 0 Å². The van der Waals surface area contributed by atoms with Crippen molar-refractivity contribution in [2.75, 3.05) is 32.1 Å². The Bertz CT molecular complexity index is 1080. The third kappa shape index (κ3) is 6.28. The third-order valence-electron chi connectivity index (χ3n) is 5.95. The van der Waals surface area contributed by atoms with E-state index in [1.165, 1.54) is 23.5 Å². The number of rotatable bonds is 7. The highest BCUT2D eigenvalue weighted by Gasteiger charge is 2.35. The molecule has 11 nitrogen and oxygen atoms in total. The van der Waals surface area contributed by atoms with Crippen LogP contribution >= 0.6 is 0 Å². The van der Waals surface area contributed by atoms with Crippen LogP contribution in [-0.4, -0.2) is 87.7 Å². The van der Waals surface area contributed by atoms with Crippen molar-refractivity contribution in [3.63, 3.8) is 0 Å². The minimum Gasteiger partial charge on any atom is -0.485 e. The molecule has 0 bridgehead atoms. The first-order valence-corrected chi connectivity index (χ1v) is 11.9. The molecule has 1 aliphatic rings. The van der Waals surface area contributed by atoms with Gasteiger partial charge < -0.3 is 30.3 Å². The van der Waals surface area contributed by atoms with Crippen LogP contribution in [-0.2, 0) is 0 Å². The average molecular weight is 499 g/mol. The second kappa shape index (κ2) is 11.8. The van der Waals surface area contributed by atoms with E-state index in [0.29, 0.717) is 12.2 Å². The minimum atomic E-state index is -0.511. The van der Waals surface area contributed by atoms with Gasteiger partial charge in [0.05, 0.1) is 36.6 Å². The SMILES string of the molecule is CC(C)NC(=O)N(C)C[C@H]1Oc2c(NC(=O)c3cnccn3)cccc2C(=O)N([C@@H](C)CO)C[C@@H]1C. The Balaban J connectivity index is 2.00. The number of likely N-dealkylation sites (N-methyl/N-ethyl adjacent to an activating group) is 1. The zero-order chi connectivity index (χ0) is 26.4. The van der Waals surface area contributed by atoms with Crippen LogP contribution < -0.4 is 15.4 Å². The molecule has 4 amide bonds. The molecule has 36 heavy (non-hydrogen) atoms. The number of nitrogens with zero attached hydrogens (tertiary/aromatic N) is 4. The predicted octanol–water partition coefficient (Wildman–Crippen LogP) is 2.00. The van der Waals surface area contributed by atoms with Gasteiger partial charge in [0.25, 0.3) is 11.8 Å². The molecule has 1 aromatic carbocycles. The zero-order valence-electron chi connectivity index (χ0n) is 21.3. The Kier molecular flexibility index (Phi) is 8.81. The molecule has 0 saturated carbocycles. The molecule has 3 atom stereocenters. The number of aromatic nitrogens is 2. The Morgan fingerprint density at radius 1 is 1.28 bits per heavy atom. The van der Waals surface area contributed by atoms with Gasteiger partial charge in [-0.05, 0) is 32.9 Å². The predicted molar refractivity (Wildman–Crippen MR) is 134 cm³/mol. The van der Waals surface area contributed by atoms with E-state index in [0.717, 1.165) is 0 Å². The van der Waals surface area contributed by atoms with Crippen molar-refractivity contribution in [3.05, 3.63) is 48.0 Å². The van der Waals surface area contributed by atoms with Crippen LogP contribution in [0.5, 0.6) is 5.75 Å². The summed E-state index contributed by atoms with van der Waals surface area (Å²) in [6, 6.07) is 4.19. The summed E-state index contributed by atoms with van der Waals surface area (Å²) in [4.78, 5) is 50.0. The zero-order valence-corrected chi connectivity index (χ0v) is 21.3. The van der Waals surface area contributed by atoms with Crippen molar-refractivity contribution in [2.24, 2.45) is 5.92 Å². The summed E-state index contributed by atoms with van der Waals surface area (Å²) in [5, 5.41) is 15.4. The van der Waals surface area contributed by atoms with Crippen LogP contribution in [0.4, 0.5) is 10.5 Å². The summed E-state index contributed by atoms with van der Waals surface area (Å²) in [5.74, 6) is -0.829. The molecule has 1 aliphatic heterocycles. The van der Waals surface area contributed by atoms with Gasteiger partial charge in [0.2, 0.25) is 0 Å². The Hall–Kier alpha value is -3.73. The number of benzene rings is 1. The summed E-state index contributed by atoms with van der Waals surface area (Å²) in [6.45, 7) is 7.80. The number of amides is 4. The van der Waals surface area contributed by atoms with E-state index >= 15 is 0 Å². The molecule has 0 spiro atoms. The number of hydrogen-bond acceptors (Lipinski definition) is 7. The molecule has 3 rings (SSSR count). The molecular formula is C25H34N6O5. The number of para-hydroxylation sites is 1. The van der Waals surface area contributed by atoms with E-state index in [4.69, 9.17) is 4.74 Å². The van der Waals surface area contributed by atoms with Crippen LogP contribution in [0.15, 0.2) is 36.8 Å². The van der Waals surface area contributed by atoms with Crippen LogP contribution in [0, 0.1) is 5.92 Å². The van der Waals surface area contributed by atoms with Crippen LogP contribution in [0.25, 0.3) is 0 Å². The smallest absolute Gasteiger partial charge is 0.317 e. The number of urea groups is 1. The Labute approximate surface area is 210 Å². The normalized spacial score (nSPS) is 18.4. The highest BCUT2D eigenvalue weighted by atomic mass is 16.5. The number of aliphatic hydroxyl groups is 1. The van der Waals surface area contributed by atoms with Crippen LogP contribution in [0.3, 0.4) is 0 Å². The number of carbonyl (C=O) groups is 3. The molecule has 0 radical (unpaired) electrons. The van der Waals surface area contributed by atoms with Gasteiger partial charge in [0.15, 0.2) is 5.75 Å². The maximum atomic E-state index is 13.5. The van der Waals surface area contributed by atoms with Crippen LogP contribution in [0.1, 0.15) is 48.5 Å². The van der Waals surface area contributed by atoms with Crippen LogP contribution in [0.2, 0.25) is 0 Å². The first-order valence-electron chi connectivity index (χ1n) is 11.9. The summed E-state index contributed by atoms with van der Waals surface area (Å²) in [6.07, 6.45) is 3.70. The van der Waals surface area contributed by atoms with Gasteiger partial charge in [-0.3, -0.25) is 14.6 Å². The average Bonchev–Trinajstić information content (AvgIpc) is 2.86.